The largest absolute Gasteiger partial charge is 0.335 e. The summed E-state index contributed by atoms with van der Waals surface area (Å²) in [5.41, 5.74) is 1.95. The van der Waals surface area contributed by atoms with Crippen LogP contribution in [0.25, 0.3) is 0 Å². The number of benzene rings is 3. The predicted molar refractivity (Wildman–Crippen MR) is 116 cm³/mol. The maximum absolute atomic E-state index is 13.0. The zero-order valence-corrected chi connectivity index (χ0v) is 17.8. The molecule has 0 spiro atoms. The lowest BCUT2D eigenvalue weighted by atomic mass is 10.1. The molecule has 0 saturated carbocycles. The Balaban J connectivity index is 1.80. The number of amides is 1. The van der Waals surface area contributed by atoms with Gasteiger partial charge in [-0.1, -0.05) is 54.1 Å². The Morgan fingerprint density at radius 2 is 1.66 bits per heavy atom. The predicted octanol–water partition coefficient (Wildman–Crippen LogP) is 5.15. The van der Waals surface area contributed by atoms with Crippen molar-refractivity contribution in [2.75, 3.05) is 7.05 Å². The topological polar surface area (TPSA) is 54.5 Å². The van der Waals surface area contributed by atoms with E-state index in [-0.39, 0.29) is 22.6 Å². The number of sulfone groups is 1. The summed E-state index contributed by atoms with van der Waals surface area (Å²) in [5.74, 6) is -0.345. The van der Waals surface area contributed by atoms with Gasteiger partial charge in [0.1, 0.15) is 0 Å². The molecule has 6 heteroatoms. The number of halogens is 1. The molecule has 0 radical (unpaired) electrons. The minimum Gasteiger partial charge on any atom is -0.335 e. The molecule has 1 unspecified atom stereocenters. The van der Waals surface area contributed by atoms with E-state index in [1.54, 1.807) is 72.6 Å². The molecule has 0 saturated heterocycles. The van der Waals surface area contributed by atoms with Crippen LogP contribution in [-0.2, 0) is 15.6 Å². The van der Waals surface area contributed by atoms with Crippen molar-refractivity contribution in [1.82, 2.24) is 4.90 Å². The standard InChI is InChI=1S/C23H22ClNO3S/c1-17(19-9-7-11-21(24)15-19)25(2)23(26)20-10-6-8-18(14-20)16-29(27,28)22-12-4-3-5-13-22/h3-15,17H,16H2,1-2H3. The molecule has 3 aromatic rings. The van der Waals surface area contributed by atoms with Gasteiger partial charge in [0.05, 0.1) is 16.7 Å². The van der Waals surface area contributed by atoms with Gasteiger partial charge in [0.15, 0.2) is 9.84 Å². The first-order valence-corrected chi connectivity index (χ1v) is 11.2. The Labute approximate surface area is 176 Å². The third-order valence-corrected chi connectivity index (χ3v) is 6.80. The highest BCUT2D eigenvalue weighted by molar-refractivity contribution is 7.90. The Hall–Kier alpha value is -2.63. The van der Waals surface area contributed by atoms with Gasteiger partial charge >= 0.3 is 0 Å². The van der Waals surface area contributed by atoms with E-state index in [1.165, 1.54) is 0 Å². The number of nitrogens with zero attached hydrogens (tertiary/aromatic N) is 1. The average molecular weight is 428 g/mol. The van der Waals surface area contributed by atoms with E-state index in [0.717, 1.165) is 5.56 Å². The third kappa shape index (κ3) is 5.05. The van der Waals surface area contributed by atoms with Gasteiger partial charge in [-0.2, -0.15) is 0 Å². The molecule has 1 atom stereocenters. The normalized spacial score (nSPS) is 12.4. The summed E-state index contributed by atoms with van der Waals surface area (Å²) in [6, 6.07) is 22.3. The number of rotatable bonds is 6. The van der Waals surface area contributed by atoms with Crippen LogP contribution >= 0.6 is 11.6 Å². The average Bonchev–Trinajstić information content (AvgIpc) is 2.72. The summed E-state index contributed by atoms with van der Waals surface area (Å²) in [6.45, 7) is 1.92. The minimum atomic E-state index is -3.48. The van der Waals surface area contributed by atoms with Gasteiger partial charge in [0.2, 0.25) is 0 Å². The molecule has 4 nitrogen and oxygen atoms in total. The van der Waals surface area contributed by atoms with Crippen molar-refractivity contribution >= 4 is 27.3 Å². The Morgan fingerprint density at radius 1 is 0.966 bits per heavy atom. The molecule has 0 bridgehead atoms. The summed E-state index contributed by atoms with van der Waals surface area (Å²) >= 11 is 6.06. The fourth-order valence-corrected chi connectivity index (χ4v) is 4.65. The quantitative estimate of drug-likeness (QED) is 0.546. The first-order chi connectivity index (χ1) is 13.8. The van der Waals surface area contributed by atoms with Gasteiger partial charge in [-0.15, -0.1) is 0 Å². The molecule has 150 valence electrons. The van der Waals surface area contributed by atoms with Crippen LogP contribution in [0.15, 0.2) is 83.8 Å². The summed E-state index contributed by atoms with van der Waals surface area (Å²) in [7, 11) is -1.76. The SMILES string of the molecule is CC(c1cccc(Cl)c1)N(C)C(=O)c1cccc(CS(=O)(=O)c2ccccc2)c1. The van der Waals surface area contributed by atoms with Crippen LogP contribution in [0, 0.1) is 0 Å². The first-order valence-electron chi connectivity index (χ1n) is 9.17. The van der Waals surface area contributed by atoms with Crippen LogP contribution < -0.4 is 0 Å². The molecule has 0 aliphatic heterocycles. The van der Waals surface area contributed by atoms with Crippen LogP contribution in [0.4, 0.5) is 0 Å². The van der Waals surface area contributed by atoms with E-state index < -0.39 is 9.84 Å². The number of hydrogen-bond donors (Lipinski definition) is 0. The highest BCUT2D eigenvalue weighted by atomic mass is 35.5. The summed E-state index contributed by atoms with van der Waals surface area (Å²) in [4.78, 5) is 14.9. The van der Waals surface area contributed by atoms with E-state index >= 15 is 0 Å². The molecular weight excluding hydrogens is 406 g/mol. The zero-order valence-electron chi connectivity index (χ0n) is 16.2. The summed E-state index contributed by atoms with van der Waals surface area (Å²) in [5, 5.41) is 0.614. The molecule has 0 aromatic heterocycles. The highest BCUT2D eigenvalue weighted by Gasteiger charge is 2.21. The molecule has 0 heterocycles. The van der Waals surface area contributed by atoms with E-state index in [2.05, 4.69) is 0 Å². The summed E-state index contributed by atoms with van der Waals surface area (Å²) < 4.78 is 25.3. The van der Waals surface area contributed by atoms with Gasteiger partial charge in [0.25, 0.3) is 5.91 Å². The smallest absolute Gasteiger partial charge is 0.254 e. The molecule has 3 rings (SSSR count). The third-order valence-electron chi connectivity index (χ3n) is 4.87. The van der Waals surface area contributed by atoms with Crippen molar-refractivity contribution in [2.45, 2.75) is 23.6 Å². The fourth-order valence-electron chi connectivity index (χ4n) is 3.09. The monoisotopic (exact) mass is 427 g/mol. The van der Waals surface area contributed by atoms with Crippen molar-refractivity contribution in [2.24, 2.45) is 0 Å². The van der Waals surface area contributed by atoms with Crippen molar-refractivity contribution in [3.8, 4) is 0 Å². The molecule has 0 fully saturated rings. The highest BCUT2D eigenvalue weighted by Crippen LogP contribution is 2.24. The van der Waals surface area contributed by atoms with Gasteiger partial charge in [-0.25, -0.2) is 8.42 Å². The van der Waals surface area contributed by atoms with E-state index in [9.17, 15) is 13.2 Å². The van der Waals surface area contributed by atoms with Gasteiger partial charge in [-0.3, -0.25) is 4.79 Å². The Kier molecular flexibility index (Phi) is 6.40. The molecule has 0 aliphatic carbocycles. The molecule has 0 N–H and O–H groups in total. The van der Waals surface area contributed by atoms with Gasteiger partial charge in [0, 0.05) is 17.6 Å². The van der Waals surface area contributed by atoms with Crippen molar-refractivity contribution in [3.63, 3.8) is 0 Å². The maximum atomic E-state index is 13.0. The molecular formula is C23H22ClNO3S. The van der Waals surface area contributed by atoms with E-state index in [1.807, 2.05) is 25.1 Å². The van der Waals surface area contributed by atoms with Crippen LogP contribution in [0.3, 0.4) is 0 Å². The van der Waals surface area contributed by atoms with Crippen molar-refractivity contribution in [3.05, 3.63) is 101 Å². The lowest BCUT2D eigenvalue weighted by Crippen LogP contribution is -2.29. The maximum Gasteiger partial charge on any atom is 0.254 e. The first kappa shape index (κ1) is 21.1. The molecule has 0 aliphatic rings. The van der Waals surface area contributed by atoms with Crippen LogP contribution in [-0.4, -0.2) is 26.3 Å². The van der Waals surface area contributed by atoms with Gasteiger partial charge in [-0.05, 0) is 54.4 Å². The second kappa shape index (κ2) is 8.80. The van der Waals surface area contributed by atoms with Crippen LogP contribution in [0.2, 0.25) is 5.02 Å². The van der Waals surface area contributed by atoms with Crippen molar-refractivity contribution < 1.29 is 13.2 Å². The molecule has 3 aromatic carbocycles. The van der Waals surface area contributed by atoms with Crippen LogP contribution in [0.5, 0.6) is 0 Å². The molecule has 1 amide bonds. The fraction of sp³-hybridized carbons (Fsp3) is 0.174. The zero-order chi connectivity index (χ0) is 21.0. The Morgan fingerprint density at radius 3 is 2.34 bits per heavy atom. The van der Waals surface area contributed by atoms with Crippen LogP contribution in [0.1, 0.15) is 34.5 Å². The lowest BCUT2D eigenvalue weighted by Gasteiger charge is -2.25. The number of hydrogen-bond acceptors (Lipinski definition) is 3. The van der Waals surface area contributed by atoms with Gasteiger partial charge < -0.3 is 4.90 Å². The lowest BCUT2D eigenvalue weighted by molar-refractivity contribution is 0.0742. The van der Waals surface area contributed by atoms with Crippen molar-refractivity contribution in [1.29, 1.82) is 0 Å². The second-order valence-corrected chi connectivity index (χ2v) is 9.35. The van der Waals surface area contributed by atoms with E-state index in [4.69, 9.17) is 11.6 Å². The molecule has 29 heavy (non-hydrogen) atoms. The second-order valence-electron chi connectivity index (χ2n) is 6.92. The Bertz CT molecular complexity index is 1110. The summed E-state index contributed by atoms with van der Waals surface area (Å²) in [6.07, 6.45) is 0. The minimum absolute atomic E-state index is 0.161. The number of carbonyl (C=O) groups is 1. The van der Waals surface area contributed by atoms with E-state index in [0.29, 0.717) is 16.1 Å². The number of carbonyl (C=O) groups excluding carboxylic acids is 1.